The Bertz CT molecular complexity index is 656. The summed E-state index contributed by atoms with van der Waals surface area (Å²) in [7, 11) is 1.76. The first-order valence-corrected chi connectivity index (χ1v) is 9.27. The van der Waals surface area contributed by atoms with Crippen molar-refractivity contribution in [3.8, 4) is 5.75 Å². The van der Waals surface area contributed by atoms with Crippen molar-refractivity contribution < 1.29 is 9.84 Å². The second kappa shape index (κ2) is 4.27. The fourth-order valence-corrected chi connectivity index (χ4v) is 7.05. The quantitative estimate of drug-likeness (QED) is 0.785. The van der Waals surface area contributed by atoms with Crippen LogP contribution in [0.5, 0.6) is 5.75 Å². The minimum absolute atomic E-state index is 0.116. The average Bonchev–Trinajstić information content (AvgIpc) is 2.95. The first-order valence-electron chi connectivity index (χ1n) is 9.27. The van der Waals surface area contributed by atoms with Gasteiger partial charge in [-0.3, -0.25) is 0 Å². The molecule has 2 nitrogen and oxygen atoms in total. The molecule has 4 aliphatic rings. The second-order valence-electron chi connectivity index (χ2n) is 8.67. The molecule has 5 rings (SSSR count). The van der Waals surface area contributed by atoms with Crippen molar-refractivity contribution >= 4 is 0 Å². The Balaban J connectivity index is 1.59. The van der Waals surface area contributed by atoms with E-state index in [2.05, 4.69) is 31.5 Å². The molecule has 0 radical (unpaired) electrons. The van der Waals surface area contributed by atoms with E-state index in [1.165, 1.54) is 31.2 Å². The van der Waals surface area contributed by atoms with Crippen LogP contribution >= 0.6 is 0 Å². The lowest BCUT2D eigenvalue weighted by molar-refractivity contribution is -0.0966. The van der Waals surface area contributed by atoms with E-state index >= 15 is 0 Å². The van der Waals surface area contributed by atoms with Crippen molar-refractivity contribution in [3.63, 3.8) is 0 Å². The third-order valence-electron chi connectivity index (χ3n) is 8.39. The van der Waals surface area contributed by atoms with Crippen molar-refractivity contribution in [2.75, 3.05) is 7.11 Å². The molecule has 1 N–H and O–H groups in total. The maximum Gasteiger partial charge on any atom is 0.120 e. The van der Waals surface area contributed by atoms with Crippen molar-refractivity contribution in [3.05, 3.63) is 35.7 Å². The maximum absolute atomic E-state index is 11.2. The van der Waals surface area contributed by atoms with Crippen LogP contribution in [0.2, 0.25) is 0 Å². The van der Waals surface area contributed by atoms with Crippen molar-refractivity contribution in [2.45, 2.75) is 63.4 Å². The zero-order chi connectivity index (χ0) is 15.9. The van der Waals surface area contributed by atoms with Crippen LogP contribution in [0.3, 0.4) is 0 Å². The number of rotatable bonds is 1. The highest BCUT2D eigenvalue weighted by molar-refractivity contribution is 5.43. The summed E-state index contributed by atoms with van der Waals surface area (Å²) in [5.41, 5.74) is 3.04. The Morgan fingerprint density at radius 1 is 1.22 bits per heavy atom. The Morgan fingerprint density at radius 2 is 2.09 bits per heavy atom. The molecule has 122 valence electrons. The van der Waals surface area contributed by atoms with E-state index in [4.69, 9.17) is 4.74 Å². The number of hydrogen-bond donors (Lipinski definition) is 1. The highest BCUT2D eigenvalue weighted by atomic mass is 16.5. The van der Waals surface area contributed by atoms with Gasteiger partial charge in [-0.1, -0.05) is 13.0 Å². The molecule has 1 aromatic rings. The summed E-state index contributed by atoms with van der Waals surface area (Å²) in [5, 5.41) is 11.2. The Morgan fingerprint density at radius 3 is 2.83 bits per heavy atom. The Hall–Kier alpha value is -1.15. The second-order valence-corrected chi connectivity index (χ2v) is 8.67. The molecule has 3 saturated carbocycles. The van der Waals surface area contributed by atoms with Gasteiger partial charge < -0.3 is 9.84 Å². The fourth-order valence-electron chi connectivity index (χ4n) is 7.05. The van der Waals surface area contributed by atoms with Gasteiger partial charge in [-0.15, -0.1) is 0 Å². The van der Waals surface area contributed by atoms with Gasteiger partial charge in [0.2, 0.25) is 0 Å². The van der Waals surface area contributed by atoms with Gasteiger partial charge in [0.1, 0.15) is 23.2 Å². The molecule has 3 fully saturated rings. The lowest BCUT2D eigenvalue weighted by atomic mass is 9.48. The summed E-state index contributed by atoms with van der Waals surface area (Å²) in [4.78, 5) is 0. The van der Waals surface area contributed by atoms with Gasteiger partial charge >= 0.3 is 0 Å². The topological polar surface area (TPSA) is 29.5 Å². The third kappa shape index (κ3) is 1.48. The average molecular weight is 311 g/mol. The highest BCUT2D eigenvalue weighted by Crippen LogP contribution is 2.77. The van der Waals surface area contributed by atoms with Crippen LogP contribution in [0.4, 0.5) is 0 Å². The number of aliphatic hydroxyl groups is 1. The Kier molecular flexibility index (Phi) is 2.64. The molecular formula is C21H27O2+. The Labute approximate surface area is 139 Å². The van der Waals surface area contributed by atoms with Gasteiger partial charge in [0.15, 0.2) is 0 Å². The molecule has 4 aliphatic carbocycles. The summed E-state index contributed by atoms with van der Waals surface area (Å²) < 4.78 is 5.42. The van der Waals surface area contributed by atoms with Gasteiger partial charge in [-0.05, 0) is 67.7 Å². The molecule has 0 saturated heterocycles. The molecule has 2 bridgehead atoms. The summed E-state index contributed by atoms with van der Waals surface area (Å²) in [6.45, 7) is 2.39. The summed E-state index contributed by atoms with van der Waals surface area (Å²) >= 11 is 0. The van der Waals surface area contributed by atoms with Crippen molar-refractivity contribution in [1.82, 2.24) is 0 Å². The van der Waals surface area contributed by atoms with E-state index in [1.807, 2.05) is 0 Å². The molecule has 5 atom stereocenters. The number of fused-ring (bicyclic) bond motifs is 3. The van der Waals surface area contributed by atoms with Gasteiger partial charge in [-0.25, -0.2) is 0 Å². The number of ether oxygens (including phenoxy) is 1. The van der Waals surface area contributed by atoms with Gasteiger partial charge in [-0.2, -0.15) is 0 Å². The van der Waals surface area contributed by atoms with Crippen molar-refractivity contribution in [2.24, 2.45) is 16.7 Å². The summed E-state index contributed by atoms with van der Waals surface area (Å²) in [5.74, 6) is 2.39. The molecule has 1 aromatic carbocycles. The van der Waals surface area contributed by atoms with Crippen LogP contribution in [0.15, 0.2) is 18.2 Å². The lowest BCUT2D eigenvalue weighted by Gasteiger charge is -2.52. The first-order chi connectivity index (χ1) is 11.0. The molecule has 0 aliphatic heterocycles. The normalized spacial score (nSPS) is 46.6. The fraction of sp³-hybridized carbons (Fsp3) is 0.667. The monoisotopic (exact) mass is 311 g/mol. The van der Waals surface area contributed by atoms with Crippen LogP contribution in [0, 0.1) is 23.2 Å². The predicted octanol–water partition coefficient (Wildman–Crippen LogP) is 4.26. The van der Waals surface area contributed by atoms with Crippen molar-refractivity contribution in [1.29, 1.82) is 0 Å². The van der Waals surface area contributed by atoms with Crippen LogP contribution in [0.25, 0.3) is 0 Å². The lowest BCUT2D eigenvalue weighted by Crippen LogP contribution is -2.51. The number of aryl methyl sites for hydroxylation is 1. The van der Waals surface area contributed by atoms with Gasteiger partial charge in [0.05, 0.1) is 13.5 Å². The van der Waals surface area contributed by atoms with Crippen LogP contribution < -0.4 is 4.74 Å². The van der Waals surface area contributed by atoms with Crippen LogP contribution in [-0.4, -0.2) is 17.8 Å². The van der Waals surface area contributed by atoms with E-state index in [-0.39, 0.29) is 10.8 Å². The molecule has 0 aromatic heterocycles. The van der Waals surface area contributed by atoms with E-state index in [1.54, 1.807) is 12.7 Å². The van der Waals surface area contributed by atoms with E-state index in [0.717, 1.165) is 30.9 Å². The van der Waals surface area contributed by atoms with E-state index in [9.17, 15) is 5.11 Å². The molecule has 0 heterocycles. The number of methoxy groups -OCH3 is 1. The molecule has 2 heteroatoms. The zero-order valence-electron chi connectivity index (χ0n) is 14.3. The smallest absolute Gasteiger partial charge is 0.120 e. The van der Waals surface area contributed by atoms with E-state index < -0.39 is 5.60 Å². The summed E-state index contributed by atoms with van der Waals surface area (Å²) in [6.07, 6.45) is 10.5. The number of benzene rings is 1. The highest BCUT2D eigenvalue weighted by Gasteiger charge is 2.79. The molecular weight excluding hydrogens is 284 g/mol. The SMILES string of the molecule is COc1ccc2c(c1)CC[C@@H]1[C@@H]2CC[C@]2(C)[C@@]3(O)C[CH+][C@]12CC3. The van der Waals surface area contributed by atoms with E-state index in [0.29, 0.717) is 5.92 Å². The molecule has 0 unspecified atom stereocenters. The largest absolute Gasteiger partial charge is 0.497 e. The van der Waals surface area contributed by atoms with Crippen LogP contribution in [0.1, 0.15) is 62.5 Å². The van der Waals surface area contributed by atoms with Crippen LogP contribution in [-0.2, 0) is 6.42 Å². The third-order valence-corrected chi connectivity index (χ3v) is 8.39. The number of hydrogen-bond acceptors (Lipinski definition) is 2. The predicted molar refractivity (Wildman–Crippen MR) is 90.4 cm³/mol. The minimum atomic E-state index is -0.418. The maximum atomic E-state index is 11.2. The summed E-state index contributed by atoms with van der Waals surface area (Å²) in [6, 6.07) is 6.71. The molecule has 0 amide bonds. The minimum Gasteiger partial charge on any atom is -0.497 e. The van der Waals surface area contributed by atoms with Gasteiger partial charge in [0.25, 0.3) is 0 Å². The zero-order valence-corrected chi connectivity index (χ0v) is 14.3. The first kappa shape index (κ1) is 14.2. The van der Waals surface area contributed by atoms with Gasteiger partial charge in [0, 0.05) is 11.3 Å². The standard InChI is InChI=1S/C21H27O2/c1-19-8-7-17-16-5-4-15(23-2)13-14(16)3-6-18(17)20(19)9-11-21(19,22)12-10-20/h4-5,9,13,17-18,22H,3,6-8,10-12H2,1-2H3/q+1/t17-,18-,19+,20+,21-/m1/s1. The molecule has 23 heavy (non-hydrogen) atoms. The molecule has 0 spiro atoms.